The summed E-state index contributed by atoms with van der Waals surface area (Å²) >= 11 is 0. The molecule has 2 rings (SSSR count). The number of carbonyl (C=O) groups excluding carboxylic acids is 2. The van der Waals surface area contributed by atoms with E-state index in [1.807, 2.05) is 19.1 Å². The van der Waals surface area contributed by atoms with E-state index in [2.05, 4.69) is 10.3 Å². The number of pyridine rings is 1. The molecule has 2 amide bonds. The van der Waals surface area contributed by atoms with Crippen LogP contribution in [0.5, 0.6) is 0 Å². The number of hydrogen-bond acceptors (Lipinski definition) is 5. The molecule has 0 aliphatic carbocycles. The molecule has 0 saturated heterocycles. The van der Waals surface area contributed by atoms with Gasteiger partial charge in [-0.15, -0.1) is 0 Å². The van der Waals surface area contributed by atoms with Gasteiger partial charge in [-0.05, 0) is 52.0 Å². The average molecular weight is 345 g/mol. The standard InChI is InChI=1S/C18H23N3O4/c1-12-6-7-14(24-12)11-21(5)17(23)20-13-8-9-19-15(10-13)16(22)25-18(2,3)4/h6-10H,11H2,1-5H3,(H,19,20,23). The van der Waals surface area contributed by atoms with E-state index in [9.17, 15) is 9.59 Å². The first kappa shape index (κ1) is 18.5. The Bertz CT molecular complexity index is 762. The van der Waals surface area contributed by atoms with Crippen LogP contribution in [0.3, 0.4) is 0 Å². The molecule has 134 valence electrons. The zero-order valence-corrected chi connectivity index (χ0v) is 15.1. The van der Waals surface area contributed by atoms with Gasteiger partial charge in [0.1, 0.15) is 22.8 Å². The lowest BCUT2D eigenvalue weighted by molar-refractivity contribution is 0.00628. The van der Waals surface area contributed by atoms with Gasteiger partial charge >= 0.3 is 12.0 Å². The van der Waals surface area contributed by atoms with Gasteiger partial charge in [0, 0.05) is 18.9 Å². The highest BCUT2D eigenvalue weighted by atomic mass is 16.6. The lowest BCUT2D eigenvalue weighted by atomic mass is 10.2. The number of aromatic nitrogens is 1. The molecule has 0 unspecified atom stereocenters. The predicted molar refractivity (Wildman–Crippen MR) is 93.3 cm³/mol. The molecular weight excluding hydrogens is 322 g/mol. The summed E-state index contributed by atoms with van der Waals surface area (Å²) < 4.78 is 10.7. The number of carbonyl (C=O) groups is 2. The number of nitrogens with one attached hydrogen (secondary N) is 1. The molecule has 0 saturated carbocycles. The molecule has 2 aromatic rings. The summed E-state index contributed by atoms with van der Waals surface area (Å²) in [5.41, 5.74) is -0.0141. The van der Waals surface area contributed by atoms with Crippen molar-refractivity contribution in [3.8, 4) is 0 Å². The van der Waals surface area contributed by atoms with E-state index in [4.69, 9.17) is 9.15 Å². The van der Waals surface area contributed by atoms with Crippen LogP contribution < -0.4 is 5.32 Å². The van der Waals surface area contributed by atoms with Crippen molar-refractivity contribution < 1.29 is 18.7 Å². The van der Waals surface area contributed by atoms with Crippen LogP contribution in [0.2, 0.25) is 0 Å². The van der Waals surface area contributed by atoms with Crippen molar-refractivity contribution in [3.63, 3.8) is 0 Å². The van der Waals surface area contributed by atoms with Crippen LogP contribution >= 0.6 is 0 Å². The SMILES string of the molecule is Cc1ccc(CN(C)C(=O)Nc2ccnc(C(=O)OC(C)(C)C)c2)o1. The third kappa shape index (κ3) is 5.63. The van der Waals surface area contributed by atoms with Crippen LogP contribution in [0, 0.1) is 6.92 Å². The first-order valence-corrected chi connectivity index (χ1v) is 7.91. The lowest BCUT2D eigenvalue weighted by Crippen LogP contribution is -2.31. The Balaban J connectivity index is 2.00. The van der Waals surface area contributed by atoms with Crippen molar-refractivity contribution in [1.29, 1.82) is 0 Å². The molecule has 0 aliphatic rings. The fourth-order valence-electron chi connectivity index (χ4n) is 2.04. The van der Waals surface area contributed by atoms with Gasteiger partial charge in [0.05, 0.1) is 6.54 Å². The molecule has 25 heavy (non-hydrogen) atoms. The van der Waals surface area contributed by atoms with Crippen molar-refractivity contribution in [2.45, 2.75) is 39.8 Å². The number of furan rings is 1. The van der Waals surface area contributed by atoms with E-state index < -0.39 is 11.6 Å². The second-order valence-electron chi connectivity index (χ2n) is 6.73. The van der Waals surface area contributed by atoms with E-state index in [-0.39, 0.29) is 11.7 Å². The van der Waals surface area contributed by atoms with Crippen LogP contribution in [0.25, 0.3) is 0 Å². The molecule has 0 spiro atoms. The number of amides is 2. The highest BCUT2D eigenvalue weighted by Gasteiger charge is 2.19. The Morgan fingerprint density at radius 2 is 2.00 bits per heavy atom. The van der Waals surface area contributed by atoms with Crippen LogP contribution in [0.1, 0.15) is 42.8 Å². The van der Waals surface area contributed by atoms with Gasteiger partial charge in [0.15, 0.2) is 0 Å². The Kier molecular flexibility index (Phi) is 5.46. The molecule has 0 radical (unpaired) electrons. The van der Waals surface area contributed by atoms with Crippen molar-refractivity contribution in [2.75, 3.05) is 12.4 Å². The Hall–Kier alpha value is -2.83. The van der Waals surface area contributed by atoms with Crippen LogP contribution in [0.4, 0.5) is 10.5 Å². The van der Waals surface area contributed by atoms with Crippen molar-refractivity contribution in [3.05, 3.63) is 47.7 Å². The van der Waals surface area contributed by atoms with Crippen LogP contribution in [0.15, 0.2) is 34.9 Å². The minimum absolute atomic E-state index is 0.136. The van der Waals surface area contributed by atoms with Gasteiger partial charge in [-0.1, -0.05) is 0 Å². The minimum atomic E-state index is -0.612. The maximum absolute atomic E-state index is 12.3. The van der Waals surface area contributed by atoms with Gasteiger partial charge in [0.2, 0.25) is 0 Å². The number of hydrogen-bond donors (Lipinski definition) is 1. The Morgan fingerprint density at radius 3 is 2.60 bits per heavy atom. The van der Waals surface area contributed by atoms with Crippen molar-refractivity contribution in [2.24, 2.45) is 0 Å². The summed E-state index contributed by atoms with van der Waals surface area (Å²) in [5.74, 6) is 0.947. The smallest absolute Gasteiger partial charge is 0.357 e. The van der Waals surface area contributed by atoms with Gasteiger partial charge in [0.25, 0.3) is 0 Å². The van der Waals surface area contributed by atoms with Gasteiger partial charge < -0.3 is 19.4 Å². The van der Waals surface area contributed by atoms with E-state index in [1.165, 1.54) is 17.2 Å². The molecule has 0 fully saturated rings. The summed E-state index contributed by atoms with van der Waals surface area (Å²) in [4.78, 5) is 29.8. The highest BCUT2D eigenvalue weighted by molar-refractivity contribution is 5.92. The number of urea groups is 1. The summed E-state index contributed by atoms with van der Waals surface area (Å²) in [6, 6.07) is 6.44. The number of ether oxygens (including phenoxy) is 1. The first-order chi connectivity index (χ1) is 11.6. The molecule has 1 N–H and O–H groups in total. The number of rotatable bonds is 4. The summed E-state index contributed by atoms with van der Waals surface area (Å²) in [7, 11) is 1.66. The number of anilines is 1. The maximum atomic E-state index is 12.3. The molecule has 0 aromatic carbocycles. The third-order valence-corrected chi connectivity index (χ3v) is 3.15. The van der Waals surface area contributed by atoms with Crippen molar-refractivity contribution >= 4 is 17.7 Å². The van der Waals surface area contributed by atoms with E-state index in [1.54, 1.807) is 33.9 Å². The average Bonchev–Trinajstić information content (AvgIpc) is 2.91. The fourth-order valence-corrected chi connectivity index (χ4v) is 2.04. The molecule has 2 aromatic heterocycles. The second kappa shape index (κ2) is 7.38. The third-order valence-electron chi connectivity index (χ3n) is 3.15. The molecule has 2 heterocycles. The predicted octanol–water partition coefficient (Wildman–Crippen LogP) is 3.60. The molecule has 0 atom stereocenters. The zero-order valence-electron chi connectivity index (χ0n) is 15.1. The topological polar surface area (TPSA) is 84.7 Å². The zero-order chi connectivity index (χ0) is 18.6. The van der Waals surface area contributed by atoms with Gasteiger partial charge in [-0.3, -0.25) is 0 Å². The van der Waals surface area contributed by atoms with Crippen molar-refractivity contribution in [1.82, 2.24) is 9.88 Å². The van der Waals surface area contributed by atoms with Crippen LogP contribution in [-0.4, -0.2) is 34.5 Å². The quantitative estimate of drug-likeness (QED) is 0.856. The number of nitrogens with zero attached hydrogens (tertiary/aromatic N) is 2. The Morgan fingerprint density at radius 1 is 1.28 bits per heavy atom. The largest absolute Gasteiger partial charge is 0.464 e. The molecule has 0 bridgehead atoms. The highest BCUT2D eigenvalue weighted by Crippen LogP contribution is 2.15. The molecule has 7 nitrogen and oxygen atoms in total. The lowest BCUT2D eigenvalue weighted by Gasteiger charge is -2.19. The molecular formula is C18H23N3O4. The summed E-state index contributed by atoms with van der Waals surface area (Å²) in [6.45, 7) is 7.52. The van der Waals surface area contributed by atoms with E-state index >= 15 is 0 Å². The number of aryl methyl sites for hydroxylation is 1. The Labute approximate surface area is 147 Å². The first-order valence-electron chi connectivity index (χ1n) is 7.91. The van der Waals surface area contributed by atoms with Gasteiger partial charge in [-0.2, -0.15) is 0 Å². The summed E-state index contributed by atoms with van der Waals surface area (Å²) in [5, 5.41) is 2.72. The minimum Gasteiger partial charge on any atom is -0.464 e. The van der Waals surface area contributed by atoms with E-state index in [0.29, 0.717) is 18.0 Å². The monoisotopic (exact) mass is 345 g/mol. The fraction of sp³-hybridized carbons (Fsp3) is 0.389. The van der Waals surface area contributed by atoms with Gasteiger partial charge in [-0.25, -0.2) is 14.6 Å². The van der Waals surface area contributed by atoms with Crippen LogP contribution in [-0.2, 0) is 11.3 Å². The summed E-state index contributed by atoms with van der Waals surface area (Å²) in [6.07, 6.45) is 1.45. The second-order valence-corrected chi connectivity index (χ2v) is 6.73. The van der Waals surface area contributed by atoms with E-state index in [0.717, 1.165) is 5.76 Å². The number of esters is 1. The normalized spacial score (nSPS) is 11.1. The maximum Gasteiger partial charge on any atom is 0.357 e. The molecule has 7 heteroatoms. The molecule has 0 aliphatic heterocycles.